The standard InChI is InChI=1S/C50H34N4O/c1-3-14-31(15-4-1)47-51-48(32-16-5-2-6-17-32)53-49(52-47)33-18-13-19-34(28-33)54-43-30-42-39(35-20-7-9-22-41(35)50(42)26-11-12-27-50)29-40(43)37-24-25-38-36-21-8-10-23-44(36)55-46(38)45(37)54/h1-10,13-25,28-30H,11-12,26-27H2. The van der Waals surface area contributed by atoms with Crippen molar-refractivity contribution in [3.63, 3.8) is 0 Å². The lowest BCUT2D eigenvalue weighted by Gasteiger charge is -2.26. The Morgan fingerprint density at radius 1 is 0.473 bits per heavy atom. The van der Waals surface area contributed by atoms with Gasteiger partial charge in [0.05, 0.1) is 11.0 Å². The molecule has 5 heteroatoms. The summed E-state index contributed by atoms with van der Waals surface area (Å²) < 4.78 is 9.23. The first-order valence-electron chi connectivity index (χ1n) is 19.2. The SMILES string of the molecule is c1ccc(-c2nc(-c3ccccc3)nc(-c3cccc(-n4c5cc6c(cc5c5ccc7c8ccccc8oc7c54)-c4ccccc4C64CCCC4)c3)n2)cc1. The van der Waals surface area contributed by atoms with Crippen LogP contribution in [0.15, 0.2) is 162 Å². The Labute approximate surface area is 317 Å². The highest BCUT2D eigenvalue weighted by atomic mass is 16.3. The lowest BCUT2D eigenvalue weighted by Crippen LogP contribution is -2.20. The van der Waals surface area contributed by atoms with Crippen LogP contribution >= 0.6 is 0 Å². The Balaban J connectivity index is 1.15. The molecular weight excluding hydrogens is 673 g/mol. The minimum Gasteiger partial charge on any atom is -0.454 e. The smallest absolute Gasteiger partial charge is 0.164 e. The molecule has 0 amide bonds. The molecule has 1 spiro atoms. The van der Waals surface area contributed by atoms with Gasteiger partial charge in [0.15, 0.2) is 23.1 Å². The maximum atomic E-state index is 6.80. The van der Waals surface area contributed by atoms with Crippen LogP contribution in [0.4, 0.5) is 0 Å². The maximum Gasteiger partial charge on any atom is 0.164 e. The molecule has 0 saturated heterocycles. The summed E-state index contributed by atoms with van der Waals surface area (Å²) in [6.07, 6.45) is 4.86. The van der Waals surface area contributed by atoms with Gasteiger partial charge < -0.3 is 8.98 Å². The molecular formula is C50H34N4O. The first-order chi connectivity index (χ1) is 27.2. The molecule has 10 aromatic rings. The number of benzene rings is 7. The van der Waals surface area contributed by atoms with E-state index in [1.807, 2.05) is 42.5 Å². The van der Waals surface area contributed by atoms with Gasteiger partial charge in [-0.2, -0.15) is 0 Å². The molecule has 7 aromatic carbocycles. The quantitative estimate of drug-likeness (QED) is 0.183. The van der Waals surface area contributed by atoms with Crippen LogP contribution in [-0.2, 0) is 5.41 Å². The van der Waals surface area contributed by atoms with Crippen molar-refractivity contribution in [1.82, 2.24) is 19.5 Å². The highest BCUT2D eigenvalue weighted by molar-refractivity contribution is 6.22. The fourth-order valence-electron chi connectivity index (χ4n) is 9.73. The second-order valence-corrected chi connectivity index (χ2v) is 15.1. The largest absolute Gasteiger partial charge is 0.454 e. The molecule has 5 nitrogen and oxygen atoms in total. The van der Waals surface area contributed by atoms with Crippen LogP contribution in [0.3, 0.4) is 0 Å². The van der Waals surface area contributed by atoms with Crippen molar-refractivity contribution < 1.29 is 4.42 Å². The van der Waals surface area contributed by atoms with Crippen molar-refractivity contribution >= 4 is 43.7 Å². The van der Waals surface area contributed by atoms with Crippen LogP contribution in [0.25, 0.3) is 94.7 Å². The number of rotatable bonds is 4. The van der Waals surface area contributed by atoms with E-state index in [0.717, 1.165) is 49.8 Å². The molecule has 2 aliphatic carbocycles. The summed E-state index contributed by atoms with van der Waals surface area (Å²) >= 11 is 0. The molecule has 0 atom stereocenters. The molecule has 0 unspecified atom stereocenters. The van der Waals surface area contributed by atoms with Gasteiger partial charge in [0.25, 0.3) is 0 Å². The van der Waals surface area contributed by atoms with Crippen LogP contribution in [0.2, 0.25) is 0 Å². The third-order valence-electron chi connectivity index (χ3n) is 12.2. The van der Waals surface area contributed by atoms with E-state index in [0.29, 0.717) is 17.5 Å². The summed E-state index contributed by atoms with van der Waals surface area (Å²) in [5, 5.41) is 4.64. The summed E-state index contributed by atoms with van der Waals surface area (Å²) in [6, 6.07) is 56.0. The molecule has 3 heterocycles. The van der Waals surface area contributed by atoms with Crippen LogP contribution in [0, 0.1) is 0 Å². The molecule has 3 aromatic heterocycles. The summed E-state index contributed by atoms with van der Waals surface area (Å²) in [7, 11) is 0. The molecule has 0 aliphatic heterocycles. The fourth-order valence-corrected chi connectivity index (χ4v) is 9.73. The average molecular weight is 707 g/mol. The number of hydrogen-bond acceptors (Lipinski definition) is 4. The second kappa shape index (κ2) is 11.6. The van der Waals surface area contributed by atoms with Crippen LogP contribution in [0.1, 0.15) is 36.8 Å². The van der Waals surface area contributed by atoms with Gasteiger partial charge in [-0.1, -0.05) is 134 Å². The van der Waals surface area contributed by atoms with Gasteiger partial charge in [-0.05, 0) is 71.5 Å². The van der Waals surface area contributed by atoms with Gasteiger partial charge in [0.1, 0.15) is 5.58 Å². The van der Waals surface area contributed by atoms with Crippen LogP contribution in [-0.4, -0.2) is 19.5 Å². The predicted octanol–water partition coefficient (Wildman–Crippen LogP) is 12.7. The molecule has 55 heavy (non-hydrogen) atoms. The molecule has 0 bridgehead atoms. The van der Waals surface area contributed by atoms with E-state index in [-0.39, 0.29) is 5.41 Å². The lowest BCUT2D eigenvalue weighted by molar-refractivity contribution is 0.550. The van der Waals surface area contributed by atoms with E-state index in [2.05, 4.69) is 120 Å². The first-order valence-corrected chi connectivity index (χ1v) is 19.2. The topological polar surface area (TPSA) is 56.7 Å². The van der Waals surface area contributed by atoms with Crippen LogP contribution in [0.5, 0.6) is 0 Å². The Kier molecular flexibility index (Phi) is 6.44. The van der Waals surface area contributed by atoms with E-state index < -0.39 is 0 Å². The Hall–Kier alpha value is -6.85. The van der Waals surface area contributed by atoms with E-state index in [1.54, 1.807) is 0 Å². The van der Waals surface area contributed by atoms with Gasteiger partial charge in [-0.25, -0.2) is 15.0 Å². The molecule has 1 saturated carbocycles. The summed E-state index contributed by atoms with van der Waals surface area (Å²) in [5.41, 5.74) is 13.6. The van der Waals surface area contributed by atoms with E-state index >= 15 is 0 Å². The second-order valence-electron chi connectivity index (χ2n) is 15.1. The zero-order valence-electron chi connectivity index (χ0n) is 30.0. The van der Waals surface area contributed by atoms with E-state index in [9.17, 15) is 0 Å². The third-order valence-corrected chi connectivity index (χ3v) is 12.2. The predicted molar refractivity (Wildman–Crippen MR) is 222 cm³/mol. The Morgan fingerprint density at radius 2 is 1.11 bits per heavy atom. The van der Waals surface area contributed by atoms with Gasteiger partial charge >= 0.3 is 0 Å². The summed E-state index contributed by atoms with van der Waals surface area (Å²) in [4.78, 5) is 15.1. The molecule has 1 fully saturated rings. The average Bonchev–Trinajstić information content (AvgIpc) is 4.03. The monoisotopic (exact) mass is 706 g/mol. The molecule has 0 radical (unpaired) electrons. The minimum atomic E-state index is 0.0461. The highest BCUT2D eigenvalue weighted by Gasteiger charge is 2.45. The fraction of sp³-hybridized carbons (Fsp3) is 0.100. The van der Waals surface area contributed by atoms with Crippen molar-refractivity contribution in [2.75, 3.05) is 0 Å². The number of nitrogens with zero attached hydrogens (tertiary/aromatic N) is 4. The van der Waals surface area contributed by atoms with Gasteiger partial charge in [-0.15, -0.1) is 0 Å². The number of furan rings is 1. The molecule has 2 aliphatic rings. The van der Waals surface area contributed by atoms with Crippen molar-refractivity contribution in [2.24, 2.45) is 0 Å². The van der Waals surface area contributed by atoms with E-state index in [4.69, 9.17) is 19.4 Å². The van der Waals surface area contributed by atoms with Crippen LogP contribution < -0.4 is 0 Å². The molecule has 12 rings (SSSR count). The summed E-state index contributed by atoms with van der Waals surface area (Å²) in [5.74, 6) is 1.92. The zero-order chi connectivity index (χ0) is 36.1. The maximum absolute atomic E-state index is 6.80. The number of fused-ring (bicyclic) bond motifs is 12. The minimum absolute atomic E-state index is 0.0461. The van der Waals surface area contributed by atoms with Gasteiger partial charge in [0.2, 0.25) is 0 Å². The summed E-state index contributed by atoms with van der Waals surface area (Å²) in [6.45, 7) is 0. The van der Waals surface area contributed by atoms with Crippen molar-refractivity contribution in [3.05, 3.63) is 169 Å². The number of para-hydroxylation sites is 1. The highest BCUT2D eigenvalue weighted by Crippen LogP contribution is 2.58. The normalized spacial score (nSPS) is 14.4. The van der Waals surface area contributed by atoms with Crippen molar-refractivity contribution in [1.29, 1.82) is 0 Å². The first kappa shape index (κ1) is 30.6. The van der Waals surface area contributed by atoms with Crippen molar-refractivity contribution in [2.45, 2.75) is 31.1 Å². The third kappa shape index (κ3) is 4.44. The number of hydrogen-bond donors (Lipinski definition) is 0. The zero-order valence-corrected chi connectivity index (χ0v) is 30.0. The van der Waals surface area contributed by atoms with Gasteiger partial charge in [0, 0.05) is 49.3 Å². The lowest BCUT2D eigenvalue weighted by atomic mass is 9.76. The Morgan fingerprint density at radius 3 is 1.87 bits per heavy atom. The Bertz CT molecular complexity index is 3090. The number of aromatic nitrogens is 4. The van der Waals surface area contributed by atoms with E-state index in [1.165, 1.54) is 64.2 Å². The molecule has 0 N–H and O–H groups in total. The molecule has 260 valence electrons. The van der Waals surface area contributed by atoms with Gasteiger partial charge in [-0.3, -0.25) is 0 Å². The van der Waals surface area contributed by atoms with Crippen molar-refractivity contribution in [3.8, 4) is 51.0 Å².